The standard InChI is InChI=1S/C15H19N3S/c1-4-11(2)19-14-10-13(16-3)17-15(18-14)12-8-6-5-7-9-12/h5-11H,4H2,1-3H3,(H,16,17,18). The first-order valence-corrected chi connectivity index (χ1v) is 7.39. The van der Waals surface area contributed by atoms with Crippen molar-refractivity contribution in [2.45, 2.75) is 30.5 Å². The number of hydrogen-bond acceptors (Lipinski definition) is 4. The summed E-state index contributed by atoms with van der Waals surface area (Å²) in [6.45, 7) is 4.41. The van der Waals surface area contributed by atoms with Gasteiger partial charge in [-0.05, 0) is 6.42 Å². The zero-order chi connectivity index (χ0) is 13.7. The number of nitrogens with zero attached hydrogens (tertiary/aromatic N) is 2. The third kappa shape index (κ3) is 3.70. The zero-order valence-electron chi connectivity index (χ0n) is 11.6. The van der Waals surface area contributed by atoms with Crippen LogP contribution in [0, 0.1) is 0 Å². The first-order chi connectivity index (χ1) is 9.22. The molecule has 1 aromatic carbocycles. The molecule has 100 valence electrons. The molecule has 0 radical (unpaired) electrons. The van der Waals surface area contributed by atoms with Crippen LogP contribution in [0.1, 0.15) is 20.3 Å². The highest BCUT2D eigenvalue weighted by Gasteiger charge is 2.09. The quantitative estimate of drug-likeness (QED) is 0.658. The number of aromatic nitrogens is 2. The van der Waals surface area contributed by atoms with Gasteiger partial charge >= 0.3 is 0 Å². The molecule has 0 saturated carbocycles. The fraction of sp³-hybridized carbons (Fsp3) is 0.333. The molecule has 0 saturated heterocycles. The van der Waals surface area contributed by atoms with E-state index in [1.807, 2.05) is 43.4 Å². The fourth-order valence-corrected chi connectivity index (χ4v) is 2.52. The van der Waals surface area contributed by atoms with E-state index in [2.05, 4.69) is 29.1 Å². The van der Waals surface area contributed by atoms with Crippen molar-refractivity contribution in [2.24, 2.45) is 0 Å². The molecule has 1 unspecified atom stereocenters. The summed E-state index contributed by atoms with van der Waals surface area (Å²) in [5.41, 5.74) is 1.05. The molecule has 0 aliphatic rings. The van der Waals surface area contributed by atoms with Gasteiger partial charge in [0.25, 0.3) is 0 Å². The molecule has 0 aliphatic carbocycles. The molecule has 0 aliphatic heterocycles. The van der Waals surface area contributed by atoms with Crippen molar-refractivity contribution in [3.63, 3.8) is 0 Å². The summed E-state index contributed by atoms with van der Waals surface area (Å²) in [7, 11) is 1.88. The Kier molecular flexibility index (Phi) is 4.80. The number of rotatable bonds is 5. The summed E-state index contributed by atoms with van der Waals surface area (Å²) in [6.07, 6.45) is 1.13. The van der Waals surface area contributed by atoms with Gasteiger partial charge in [-0.1, -0.05) is 44.2 Å². The number of benzene rings is 1. The third-order valence-electron chi connectivity index (χ3n) is 2.89. The molecule has 2 rings (SSSR count). The minimum absolute atomic E-state index is 0.559. The maximum Gasteiger partial charge on any atom is 0.162 e. The van der Waals surface area contributed by atoms with Crippen LogP contribution >= 0.6 is 11.8 Å². The van der Waals surface area contributed by atoms with E-state index < -0.39 is 0 Å². The topological polar surface area (TPSA) is 37.8 Å². The van der Waals surface area contributed by atoms with Crippen molar-refractivity contribution in [2.75, 3.05) is 12.4 Å². The van der Waals surface area contributed by atoms with E-state index in [0.717, 1.165) is 28.7 Å². The Morgan fingerprint density at radius 1 is 1.21 bits per heavy atom. The summed E-state index contributed by atoms with van der Waals surface area (Å²) >= 11 is 1.79. The van der Waals surface area contributed by atoms with Crippen molar-refractivity contribution in [1.29, 1.82) is 0 Å². The molecule has 19 heavy (non-hydrogen) atoms. The van der Waals surface area contributed by atoms with Gasteiger partial charge in [0.05, 0.1) is 0 Å². The van der Waals surface area contributed by atoms with Crippen LogP contribution < -0.4 is 5.32 Å². The minimum Gasteiger partial charge on any atom is -0.373 e. The number of anilines is 1. The molecule has 4 heteroatoms. The second kappa shape index (κ2) is 6.57. The van der Waals surface area contributed by atoms with E-state index in [-0.39, 0.29) is 0 Å². The van der Waals surface area contributed by atoms with Crippen molar-refractivity contribution in [3.8, 4) is 11.4 Å². The zero-order valence-corrected chi connectivity index (χ0v) is 12.4. The second-order valence-corrected chi connectivity index (χ2v) is 5.83. The Labute approximate surface area is 118 Å². The lowest BCUT2D eigenvalue weighted by Crippen LogP contribution is -2.00. The molecule has 2 aromatic rings. The molecule has 0 bridgehead atoms. The van der Waals surface area contributed by atoms with Crippen LogP contribution in [0.15, 0.2) is 41.4 Å². The van der Waals surface area contributed by atoms with Crippen molar-refractivity contribution >= 4 is 17.6 Å². The molecule has 1 atom stereocenters. The lowest BCUT2D eigenvalue weighted by molar-refractivity contribution is 0.899. The van der Waals surface area contributed by atoms with Gasteiger partial charge in [0.1, 0.15) is 10.8 Å². The van der Waals surface area contributed by atoms with Gasteiger partial charge in [0.2, 0.25) is 0 Å². The molecule has 0 spiro atoms. The average Bonchev–Trinajstić information content (AvgIpc) is 2.47. The molecule has 1 N–H and O–H groups in total. The van der Waals surface area contributed by atoms with E-state index >= 15 is 0 Å². The van der Waals surface area contributed by atoms with Gasteiger partial charge in [0, 0.05) is 23.9 Å². The minimum atomic E-state index is 0.559. The second-order valence-electron chi connectivity index (χ2n) is 4.37. The molecule has 1 aromatic heterocycles. The van der Waals surface area contributed by atoms with E-state index in [9.17, 15) is 0 Å². The van der Waals surface area contributed by atoms with Crippen LogP contribution in [-0.4, -0.2) is 22.3 Å². The fourth-order valence-electron chi connectivity index (χ4n) is 1.62. The summed E-state index contributed by atoms with van der Waals surface area (Å²) < 4.78 is 0. The van der Waals surface area contributed by atoms with Crippen molar-refractivity contribution in [1.82, 2.24) is 9.97 Å². The summed E-state index contributed by atoms with van der Waals surface area (Å²) in [6, 6.07) is 12.1. The van der Waals surface area contributed by atoms with Crippen LogP contribution in [0.4, 0.5) is 5.82 Å². The molecule has 1 heterocycles. The predicted molar refractivity (Wildman–Crippen MR) is 82.6 cm³/mol. The summed E-state index contributed by atoms with van der Waals surface area (Å²) in [5, 5.41) is 4.68. The Morgan fingerprint density at radius 3 is 2.58 bits per heavy atom. The van der Waals surface area contributed by atoms with E-state index in [0.29, 0.717) is 5.25 Å². The van der Waals surface area contributed by atoms with E-state index in [1.54, 1.807) is 11.8 Å². The Morgan fingerprint density at radius 2 is 1.95 bits per heavy atom. The molecule has 0 fully saturated rings. The first kappa shape index (κ1) is 13.9. The maximum absolute atomic E-state index is 4.65. The SMILES string of the molecule is CCC(C)Sc1cc(NC)nc(-c2ccccc2)n1. The van der Waals surface area contributed by atoms with Crippen molar-refractivity contribution < 1.29 is 0 Å². The highest BCUT2D eigenvalue weighted by molar-refractivity contribution is 7.99. The Hall–Kier alpha value is -1.55. The Balaban J connectivity index is 2.36. The van der Waals surface area contributed by atoms with Gasteiger partial charge in [-0.25, -0.2) is 9.97 Å². The van der Waals surface area contributed by atoms with Crippen LogP contribution in [0.25, 0.3) is 11.4 Å². The Bertz CT molecular complexity index is 528. The van der Waals surface area contributed by atoms with Gasteiger partial charge in [-0.15, -0.1) is 11.8 Å². The van der Waals surface area contributed by atoms with Crippen LogP contribution in [0.5, 0.6) is 0 Å². The van der Waals surface area contributed by atoms with E-state index in [4.69, 9.17) is 0 Å². The van der Waals surface area contributed by atoms with E-state index in [1.165, 1.54) is 0 Å². The summed E-state index contributed by atoms with van der Waals surface area (Å²) in [4.78, 5) is 9.17. The highest BCUT2D eigenvalue weighted by Crippen LogP contribution is 2.27. The summed E-state index contributed by atoms with van der Waals surface area (Å²) in [5.74, 6) is 1.64. The maximum atomic E-state index is 4.65. The monoisotopic (exact) mass is 273 g/mol. The van der Waals surface area contributed by atoms with Crippen LogP contribution in [0.2, 0.25) is 0 Å². The smallest absolute Gasteiger partial charge is 0.162 e. The number of thioether (sulfide) groups is 1. The molecule has 0 amide bonds. The number of hydrogen-bond donors (Lipinski definition) is 1. The number of nitrogens with one attached hydrogen (secondary N) is 1. The van der Waals surface area contributed by atoms with Gasteiger partial charge in [0.15, 0.2) is 5.82 Å². The lowest BCUT2D eigenvalue weighted by Gasteiger charge is -2.10. The average molecular weight is 273 g/mol. The van der Waals surface area contributed by atoms with Crippen molar-refractivity contribution in [3.05, 3.63) is 36.4 Å². The third-order valence-corrected chi connectivity index (χ3v) is 4.07. The van der Waals surface area contributed by atoms with Crippen LogP contribution in [-0.2, 0) is 0 Å². The first-order valence-electron chi connectivity index (χ1n) is 6.51. The highest BCUT2D eigenvalue weighted by atomic mass is 32.2. The molecule has 3 nitrogen and oxygen atoms in total. The molecular formula is C15H19N3S. The molecular weight excluding hydrogens is 254 g/mol. The largest absolute Gasteiger partial charge is 0.373 e. The van der Waals surface area contributed by atoms with Crippen LogP contribution in [0.3, 0.4) is 0 Å². The van der Waals surface area contributed by atoms with Gasteiger partial charge in [-0.3, -0.25) is 0 Å². The van der Waals surface area contributed by atoms with Gasteiger partial charge < -0.3 is 5.32 Å². The normalized spacial score (nSPS) is 12.2. The lowest BCUT2D eigenvalue weighted by atomic mass is 10.2. The predicted octanol–water partition coefficient (Wildman–Crippen LogP) is 4.08. The van der Waals surface area contributed by atoms with Gasteiger partial charge in [-0.2, -0.15) is 0 Å².